The van der Waals surface area contributed by atoms with Gasteiger partial charge in [0.1, 0.15) is 0 Å². The molecule has 0 saturated carbocycles. The highest BCUT2D eigenvalue weighted by molar-refractivity contribution is 7.09. The predicted octanol–water partition coefficient (Wildman–Crippen LogP) is 1.76. The predicted molar refractivity (Wildman–Crippen MR) is 70.5 cm³/mol. The summed E-state index contributed by atoms with van der Waals surface area (Å²) in [7, 11) is 0. The Kier molecular flexibility index (Phi) is 5.41. The van der Waals surface area contributed by atoms with Crippen molar-refractivity contribution in [3.63, 3.8) is 0 Å². The fraction of sp³-hybridized carbons (Fsp3) is 0.667. The molecule has 0 atom stereocenters. The highest BCUT2D eigenvalue weighted by atomic mass is 32.1. The van der Waals surface area contributed by atoms with E-state index in [2.05, 4.69) is 15.6 Å². The lowest BCUT2D eigenvalue weighted by Gasteiger charge is -2.22. The van der Waals surface area contributed by atoms with Gasteiger partial charge in [0.15, 0.2) is 0 Å². The van der Waals surface area contributed by atoms with Gasteiger partial charge in [-0.15, -0.1) is 11.3 Å². The van der Waals surface area contributed by atoms with Crippen molar-refractivity contribution in [1.29, 1.82) is 0 Å². The summed E-state index contributed by atoms with van der Waals surface area (Å²) in [6, 6.07) is 0. The Labute approximate surface area is 111 Å². The minimum absolute atomic E-state index is 0.336. The van der Waals surface area contributed by atoms with E-state index in [1.807, 2.05) is 0 Å². The first kappa shape index (κ1) is 13.3. The highest BCUT2D eigenvalue weighted by Gasteiger charge is 2.13. The minimum atomic E-state index is -0.336. The van der Waals surface area contributed by atoms with E-state index >= 15 is 0 Å². The summed E-state index contributed by atoms with van der Waals surface area (Å²) in [6.45, 7) is 3.18. The van der Waals surface area contributed by atoms with Crippen LogP contribution in [0.25, 0.3) is 0 Å². The molecule has 5 nitrogen and oxygen atoms in total. The minimum Gasteiger partial charge on any atom is -0.450 e. The van der Waals surface area contributed by atoms with Gasteiger partial charge < -0.3 is 15.4 Å². The average molecular weight is 269 g/mol. The van der Waals surface area contributed by atoms with Crippen LogP contribution in [0.15, 0.2) is 11.7 Å². The van der Waals surface area contributed by atoms with Crippen LogP contribution >= 0.6 is 11.3 Å². The second-order valence-electron chi connectivity index (χ2n) is 4.44. The van der Waals surface area contributed by atoms with Crippen LogP contribution in [0.1, 0.15) is 24.1 Å². The van der Waals surface area contributed by atoms with Gasteiger partial charge in [-0.2, -0.15) is 0 Å². The first-order valence-electron chi connectivity index (χ1n) is 6.33. The molecule has 2 N–H and O–H groups in total. The quantitative estimate of drug-likeness (QED) is 0.855. The fourth-order valence-electron chi connectivity index (χ4n) is 2.03. The third kappa shape index (κ3) is 4.62. The van der Waals surface area contributed by atoms with Gasteiger partial charge >= 0.3 is 6.09 Å². The number of ether oxygens (including phenoxy) is 1. The second-order valence-corrected chi connectivity index (χ2v) is 5.41. The molecule has 1 aliphatic rings. The standard InChI is InChI=1S/C12H19N3O2S/c16-12(15-8-11-7-14-9-18-11)17-6-3-10-1-4-13-5-2-10/h7,9-10,13H,1-6,8H2,(H,15,16). The van der Waals surface area contributed by atoms with Crippen LogP contribution in [0.4, 0.5) is 4.79 Å². The van der Waals surface area contributed by atoms with Crippen molar-refractivity contribution >= 4 is 17.4 Å². The van der Waals surface area contributed by atoms with E-state index in [4.69, 9.17) is 4.74 Å². The molecule has 0 aromatic carbocycles. The van der Waals surface area contributed by atoms with Crippen LogP contribution in [0.5, 0.6) is 0 Å². The largest absolute Gasteiger partial charge is 0.450 e. The van der Waals surface area contributed by atoms with Crippen molar-refractivity contribution < 1.29 is 9.53 Å². The molecule has 1 saturated heterocycles. The van der Waals surface area contributed by atoms with Crippen LogP contribution in [-0.2, 0) is 11.3 Å². The van der Waals surface area contributed by atoms with E-state index in [9.17, 15) is 4.79 Å². The third-order valence-corrected chi connectivity index (χ3v) is 3.89. The number of carbonyl (C=O) groups is 1. The van der Waals surface area contributed by atoms with Gasteiger partial charge in [-0.25, -0.2) is 4.79 Å². The molecule has 1 amide bonds. The molecule has 0 unspecified atom stereocenters. The molecule has 1 aliphatic heterocycles. The van der Waals surface area contributed by atoms with Crippen molar-refractivity contribution in [2.24, 2.45) is 5.92 Å². The Morgan fingerprint density at radius 3 is 3.11 bits per heavy atom. The Morgan fingerprint density at radius 1 is 1.56 bits per heavy atom. The topological polar surface area (TPSA) is 63.2 Å². The Bertz CT molecular complexity index is 350. The maximum Gasteiger partial charge on any atom is 0.407 e. The van der Waals surface area contributed by atoms with Crippen LogP contribution in [0.3, 0.4) is 0 Å². The molecule has 6 heteroatoms. The zero-order valence-corrected chi connectivity index (χ0v) is 11.2. The molecule has 18 heavy (non-hydrogen) atoms. The number of thiazole rings is 1. The van der Waals surface area contributed by atoms with Gasteiger partial charge in [-0.05, 0) is 38.3 Å². The van der Waals surface area contributed by atoms with E-state index < -0.39 is 0 Å². The van der Waals surface area contributed by atoms with Crippen molar-refractivity contribution in [1.82, 2.24) is 15.6 Å². The third-order valence-electron chi connectivity index (χ3n) is 3.11. The molecule has 0 spiro atoms. The van der Waals surface area contributed by atoms with Crippen molar-refractivity contribution in [3.8, 4) is 0 Å². The molecular weight excluding hydrogens is 250 g/mol. The molecule has 2 rings (SSSR count). The van der Waals surface area contributed by atoms with Crippen molar-refractivity contribution in [2.45, 2.75) is 25.8 Å². The summed E-state index contributed by atoms with van der Waals surface area (Å²) in [5.74, 6) is 0.695. The monoisotopic (exact) mass is 269 g/mol. The Morgan fingerprint density at radius 2 is 2.39 bits per heavy atom. The molecule has 0 bridgehead atoms. The molecular formula is C12H19N3O2S. The molecule has 1 aromatic heterocycles. The number of hydrogen-bond acceptors (Lipinski definition) is 5. The van der Waals surface area contributed by atoms with Crippen LogP contribution in [0.2, 0.25) is 0 Å². The molecule has 0 aliphatic carbocycles. The Balaban J connectivity index is 1.54. The molecule has 100 valence electrons. The summed E-state index contributed by atoms with van der Waals surface area (Å²) < 4.78 is 5.16. The Hall–Kier alpha value is -1.14. The van der Waals surface area contributed by atoms with Crippen LogP contribution in [0, 0.1) is 5.92 Å². The highest BCUT2D eigenvalue weighted by Crippen LogP contribution is 2.15. The second kappa shape index (κ2) is 7.33. The van der Waals surface area contributed by atoms with E-state index in [0.29, 0.717) is 19.1 Å². The smallest absolute Gasteiger partial charge is 0.407 e. The zero-order valence-electron chi connectivity index (χ0n) is 10.4. The van der Waals surface area contributed by atoms with E-state index in [0.717, 1.165) is 24.4 Å². The van der Waals surface area contributed by atoms with Crippen molar-refractivity contribution in [3.05, 3.63) is 16.6 Å². The molecule has 1 aromatic rings. The number of carbonyl (C=O) groups excluding carboxylic acids is 1. The number of nitrogens with one attached hydrogen (secondary N) is 2. The number of aromatic nitrogens is 1. The number of piperidine rings is 1. The maximum absolute atomic E-state index is 11.4. The number of amides is 1. The summed E-state index contributed by atoms with van der Waals surface area (Å²) in [4.78, 5) is 16.4. The number of rotatable bonds is 5. The summed E-state index contributed by atoms with van der Waals surface area (Å²) in [6.07, 6.45) is 4.75. The van der Waals surface area contributed by atoms with Gasteiger partial charge in [-0.3, -0.25) is 4.98 Å². The van der Waals surface area contributed by atoms with Gasteiger partial charge in [0.05, 0.1) is 18.7 Å². The lowest BCUT2D eigenvalue weighted by atomic mass is 9.95. The lowest BCUT2D eigenvalue weighted by molar-refractivity contribution is 0.135. The number of alkyl carbamates (subject to hydrolysis) is 1. The first-order valence-corrected chi connectivity index (χ1v) is 7.21. The first-order chi connectivity index (χ1) is 8.84. The van der Waals surface area contributed by atoms with Gasteiger partial charge in [0, 0.05) is 11.1 Å². The van der Waals surface area contributed by atoms with Gasteiger partial charge in [0.25, 0.3) is 0 Å². The van der Waals surface area contributed by atoms with Gasteiger partial charge in [0.2, 0.25) is 0 Å². The van der Waals surface area contributed by atoms with Gasteiger partial charge in [-0.1, -0.05) is 0 Å². The number of hydrogen-bond donors (Lipinski definition) is 2. The SMILES string of the molecule is O=C(NCc1cncs1)OCCC1CCNCC1. The molecule has 0 radical (unpaired) electrons. The van der Waals surface area contributed by atoms with E-state index in [1.54, 1.807) is 11.7 Å². The van der Waals surface area contributed by atoms with Crippen LogP contribution in [-0.4, -0.2) is 30.8 Å². The summed E-state index contributed by atoms with van der Waals surface area (Å²) >= 11 is 1.52. The van der Waals surface area contributed by atoms with E-state index in [1.165, 1.54) is 24.2 Å². The fourth-order valence-corrected chi connectivity index (χ4v) is 2.56. The normalized spacial score (nSPS) is 16.4. The molecule has 2 heterocycles. The number of nitrogens with zero attached hydrogens (tertiary/aromatic N) is 1. The molecule has 1 fully saturated rings. The zero-order chi connectivity index (χ0) is 12.6. The average Bonchev–Trinajstić information content (AvgIpc) is 2.91. The van der Waals surface area contributed by atoms with Crippen molar-refractivity contribution in [2.75, 3.05) is 19.7 Å². The summed E-state index contributed by atoms with van der Waals surface area (Å²) in [5, 5.41) is 6.04. The van der Waals surface area contributed by atoms with Crippen LogP contribution < -0.4 is 10.6 Å². The lowest BCUT2D eigenvalue weighted by Crippen LogP contribution is -2.29. The maximum atomic E-state index is 11.4. The summed E-state index contributed by atoms with van der Waals surface area (Å²) in [5.41, 5.74) is 1.75. The van der Waals surface area contributed by atoms with E-state index in [-0.39, 0.29) is 6.09 Å².